The Morgan fingerprint density at radius 1 is 1.12 bits per heavy atom. The Hall–Kier alpha value is -1.31. The molecule has 16 heavy (non-hydrogen) atoms. The second-order valence-corrected chi connectivity index (χ2v) is 5.02. The predicted octanol–water partition coefficient (Wildman–Crippen LogP) is 3.62. The molecule has 0 radical (unpaired) electrons. The van der Waals surface area contributed by atoms with Gasteiger partial charge in [0.2, 0.25) is 0 Å². The average Bonchev–Trinajstić information content (AvgIpc) is 2.53. The molecular weight excluding hydrogens is 196 g/mol. The molecule has 0 aliphatic rings. The number of hydrogen-bond acceptors (Lipinski definition) is 1. The van der Waals surface area contributed by atoms with E-state index in [1.54, 1.807) is 0 Å². The molecule has 0 spiro atoms. The minimum atomic E-state index is 0.469. The number of imidazole rings is 1. The van der Waals surface area contributed by atoms with Crippen molar-refractivity contribution in [3.63, 3.8) is 0 Å². The highest BCUT2D eigenvalue weighted by Crippen LogP contribution is 2.27. The first-order chi connectivity index (χ1) is 7.43. The Morgan fingerprint density at radius 3 is 2.31 bits per heavy atom. The van der Waals surface area contributed by atoms with E-state index in [0.29, 0.717) is 5.92 Å². The molecule has 0 unspecified atom stereocenters. The molecule has 1 heterocycles. The molecule has 0 atom stereocenters. The SMILES string of the molecule is Cc1cc(C)c2nc(C(C)C)n(C)c2c1C. The number of benzene rings is 1. The molecule has 0 bridgehead atoms. The number of hydrogen-bond donors (Lipinski definition) is 0. The van der Waals surface area contributed by atoms with Gasteiger partial charge in [-0.25, -0.2) is 4.98 Å². The largest absolute Gasteiger partial charge is 0.331 e. The van der Waals surface area contributed by atoms with Crippen molar-refractivity contribution in [3.8, 4) is 0 Å². The summed E-state index contributed by atoms with van der Waals surface area (Å²) in [6.07, 6.45) is 0. The van der Waals surface area contributed by atoms with E-state index in [1.165, 1.54) is 28.0 Å². The van der Waals surface area contributed by atoms with E-state index in [4.69, 9.17) is 4.98 Å². The summed E-state index contributed by atoms with van der Waals surface area (Å²) in [6.45, 7) is 10.9. The van der Waals surface area contributed by atoms with Crippen LogP contribution in [0.3, 0.4) is 0 Å². The maximum absolute atomic E-state index is 4.78. The highest BCUT2D eigenvalue weighted by molar-refractivity contribution is 5.84. The molecule has 0 aliphatic carbocycles. The summed E-state index contributed by atoms with van der Waals surface area (Å²) in [4.78, 5) is 4.78. The molecule has 0 N–H and O–H groups in total. The molecule has 0 fully saturated rings. The topological polar surface area (TPSA) is 17.8 Å². The van der Waals surface area contributed by atoms with Gasteiger partial charge >= 0.3 is 0 Å². The first-order valence-electron chi connectivity index (χ1n) is 5.86. The quantitative estimate of drug-likeness (QED) is 0.712. The molecule has 0 saturated heterocycles. The van der Waals surface area contributed by atoms with E-state index < -0.39 is 0 Å². The van der Waals surface area contributed by atoms with E-state index >= 15 is 0 Å². The van der Waals surface area contributed by atoms with Crippen LogP contribution in [0.2, 0.25) is 0 Å². The third-order valence-corrected chi connectivity index (χ3v) is 3.40. The highest BCUT2D eigenvalue weighted by Gasteiger charge is 2.15. The zero-order chi connectivity index (χ0) is 12.0. The minimum Gasteiger partial charge on any atom is -0.331 e. The van der Waals surface area contributed by atoms with Crippen molar-refractivity contribution in [2.45, 2.75) is 40.5 Å². The Bertz CT molecular complexity index is 548. The molecular formula is C14H20N2. The summed E-state index contributed by atoms with van der Waals surface area (Å²) in [7, 11) is 2.12. The second kappa shape index (κ2) is 3.62. The Kier molecular flexibility index (Phi) is 2.53. The Balaban J connectivity index is 2.91. The summed E-state index contributed by atoms with van der Waals surface area (Å²) >= 11 is 0. The lowest BCUT2D eigenvalue weighted by atomic mass is 10.0. The lowest BCUT2D eigenvalue weighted by molar-refractivity contribution is 0.721. The van der Waals surface area contributed by atoms with Gasteiger partial charge in [-0.3, -0.25) is 0 Å². The van der Waals surface area contributed by atoms with Crippen LogP contribution in [0.25, 0.3) is 11.0 Å². The summed E-state index contributed by atoms with van der Waals surface area (Å²) in [5.74, 6) is 1.64. The number of rotatable bonds is 1. The molecule has 86 valence electrons. The van der Waals surface area contributed by atoms with Gasteiger partial charge in [0.05, 0.1) is 11.0 Å². The fourth-order valence-corrected chi connectivity index (χ4v) is 2.42. The van der Waals surface area contributed by atoms with Crippen molar-refractivity contribution >= 4 is 11.0 Å². The zero-order valence-corrected chi connectivity index (χ0v) is 11.0. The molecule has 2 nitrogen and oxygen atoms in total. The van der Waals surface area contributed by atoms with E-state index in [-0.39, 0.29) is 0 Å². The van der Waals surface area contributed by atoms with Crippen molar-refractivity contribution < 1.29 is 0 Å². The van der Waals surface area contributed by atoms with Gasteiger partial charge < -0.3 is 4.57 Å². The number of fused-ring (bicyclic) bond motifs is 1. The Morgan fingerprint density at radius 2 is 1.75 bits per heavy atom. The normalized spacial score (nSPS) is 11.7. The lowest BCUT2D eigenvalue weighted by Gasteiger charge is -2.08. The standard InChI is InChI=1S/C14H20N2/c1-8(2)14-15-12-10(4)7-9(3)11(5)13(12)16(14)6/h7-8H,1-6H3. The van der Waals surface area contributed by atoms with Crippen LogP contribution < -0.4 is 0 Å². The van der Waals surface area contributed by atoms with Crippen LogP contribution in [0.4, 0.5) is 0 Å². The number of aromatic nitrogens is 2. The molecule has 1 aromatic heterocycles. The molecule has 0 saturated carbocycles. The number of aryl methyl sites for hydroxylation is 4. The van der Waals surface area contributed by atoms with E-state index in [2.05, 4.69) is 52.3 Å². The molecule has 2 heteroatoms. The van der Waals surface area contributed by atoms with Gasteiger partial charge in [-0.1, -0.05) is 19.9 Å². The molecule has 0 aliphatic heterocycles. The third-order valence-electron chi connectivity index (χ3n) is 3.40. The van der Waals surface area contributed by atoms with Crippen LogP contribution in [-0.4, -0.2) is 9.55 Å². The van der Waals surface area contributed by atoms with Crippen molar-refractivity contribution in [3.05, 3.63) is 28.6 Å². The van der Waals surface area contributed by atoms with E-state index in [1.807, 2.05) is 0 Å². The highest BCUT2D eigenvalue weighted by atomic mass is 15.1. The minimum absolute atomic E-state index is 0.469. The van der Waals surface area contributed by atoms with Gasteiger partial charge in [0.1, 0.15) is 5.82 Å². The lowest BCUT2D eigenvalue weighted by Crippen LogP contribution is -2.00. The van der Waals surface area contributed by atoms with Gasteiger partial charge in [-0.2, -0.15) is 0 Å². The third kappa shape index (κ3) is 1.44. The fraction of sp³-hybridized carbons (Fsp3) is 0.500. The van der Waals surface area contributed by atoms with Crippen LogP contribution in [0.5, 0.6) is 0 Å². The Labute approximate surface area is 97.3 Å². The van der Waals surface area contributed by atoms with Crippen LogP contribution in [-0.2, 0) is 7.05 Å². The van der Waals surface area contributed by atoms with Gasteiger partial charge in [0.15, 0.2) is 0 Å². The zero-order valence-electron chi connectivity index (χ0n) is 11.0. The smallest absolute Gasteiger partial charge is 0.112 e. The number of nitrogens with zero attached hydrogens (tertiary/aromatic N) is 2. The summed E-state index contributed by atoms with van der Waals surface area (Å²) in [5, 5.41) is 0. The molecule has 1 aromatic carbocycles. The fourth-order valence-electron chi connectivity index (χ4n) is 2.42. The first-order valence-corrected chi connectivity index (χ1v) is 5.86. The van der Waals surface area contributed by atoms with Crippen molar-refractivity contribution in [1.82, 2.24) is 9.55 Å². The van der Waals surface area contributed by atoms with Gasteiger partial charge in [0.25, 0.3) is 0 Å². The van der Waals surface area contributed by atoms with Gasteiger partial charge in [-0.05, 0) is 37.5 Å². The monoisotopic (exact) mass is 216 g/mol. The first kappa shape index (κ1) is 11.2. The maximum atomic E-state index is 4.78. The van der Waals surface area contributed by atoms with Crippen molar-refractivity contribution in [1.29, 1.82) is 0 Å². The molecule has 2 aromatic rings. The van der Waals surface area contributed by atoms with Crippen LogP contribution in [0.1, 0.15) is 42.3 Å². The predicted molar refractivity (Wildman–Crippen MR) is 69.0 cm³/mol. The summed E-state index contributed by atoms with van der Waals surface area (Å²) in [5.41, 5.74) is 6.43. The van der Waals surface area contributed by atoms with Gasteiger partial charge in [0, 0.05) is 13.0 Å². The molecule has 0 amide bonds. The summed E-state index contributed by atoms with van der Waals surface area (Å²) < 4.78 is 2.25. The van der Waals surface area contributed by atoms with Crippen molar-refractivity contribution in [2.75, 3.05) is 0 Å². The second-order valence-electron chi connectivity index (χ2n) is 5.02. The van der Waals surface area contributed by atoms with Crippen LogP contribution >= 0.6 is 0 Å². The summed E-state index contributed by atoms with van der Waals surface area (Å²) in [6, 6.07) is 2.23. The van der Waals surface area contributed by atoms with Crippen LogP contribution in [0.15, 0.2) is 6.07 Å². The molecule has 2 rings (SSSR count). The van der Waals surface area contributed by atoms with Gasteiger partial charge in [-0.15, -0.1) is 0 Å². The maximum Gasteiger partial charge on any atom is 0.112 e. The van der Waals surface area contributed by atoms with E-state index in [9.17, 15) is 0 Å². The van der Waals surface area contributed by atoms with E-state index in [0.717, 1.165) is 5.52 Å². The van der Waals surface area contributed by atoms with Crippen molar-refractivity contribution in [2.24, 2.45) is 7.05 Å². The van der Waals surface area contributed by atoms with Crippen LogP contribution in [0, 0.1) is 20.8 Å². The average molecular weight is 216 g/mol.